The first kappa shape index (κ1) is 12.4. The fourth-order valence-corrected chi connectivity index (χ4v) is 2.63. The maximum atomic E-state index is 9.24. The van der Waals surface area contributed by atoms with Crippen molar-refractivity contribution in [2.75, 3.05) is 6.61 Å². The van der Waals surface area contributed by atoms with Crippen molar-refractivity contribution in [3.8, 4) is 0 Å². The van der Waals surface area contributed by atoms with Gasteiger partial charge in [0.2, 0.25) is 0 Å². The van der Waals surface area contributed by atoms with Gasteiger partial charge in [0.15, 0.2) is 5.82 Å². The lowest BCUT2D eigenvalue weighted by molar-refractivity contribution is 0.196. The van der Waals surface area contributed by atoms with Gasteiger partial charge in [0.1, 0.15) is 5.82 Å². The number of aliphatic hydroxyl groups is 1. The third-order valence-electron chi connectivity index (χ3n) is 3.88. The second kappa shape index (κ2) is 5.13. The summed E-state index contributed by atoms with van der Waals surface area (Å²) >= 11 is 0. The molecule has 19 heavy (non-hydrogen) atoms. The van der Waals surface area contributed by atoms with Gasteiger partial charge in [-0.25, -0.2) is 9.67 Å². The summed E-state index contributed by atoms with van der Waals surface area (Å²) in [4.78, 5) is 4.63. The summed E-state index contributed by atoms with van der Waals surface area (Å²) in [5.74, 6) is 2.26. The molecule has 1 aliphatic heterocycles. The molecule has 0 radical (unpaired) electrons. The number of hydrogen-bond acceptors (Lipinski definition) is 3. The monoisotopic (exact) mass is 257 g/mol. The third kappa shape index (κ3) is 2.54. The lowest BCUT2D eigenvalue weighted by Gasteiger charge is -2.19. The third-order valence-corrected chi connectivity index (χ3v) is 3.88. The SMILES string of the molecule is Cc1ccccc1Cc1nc2n(n1)CCC(CO)C2. The molecule has 4 heteroatoms. The molecule has 0 saturated heterocycles. The van der Waals surface area contributed by atoms with E-state index in [4.69, 9.17) is 0 Å². The zero-order chi connectivity index (χ0) is 13.2. The van der Waals surface area contributed by atoms with Crippen LogP contribution in [0.15, 0.2) is 24.3 Å². The predicted molar refractivity (Wildman–Crippen MR) is 72.9 cm³/mol. The summed E-state index contributed by atoms with van der Waals surface area (Å²) in [6, 6.07) is 8.36. The van der Waals surface area contributed by atoms with Crippen molar-refractivity contribution in [1.82, 2.24) is 14.8 Å². The molecule has 2 aromatic rings. The van der Waals surface area contributed by atoms with Gasteiger partial charge in [0.05, 0.1) is 0 Å². The smallest absolute Gasteiger partial charge is 0.155 e. The Morgan fingerprint density at radius 1 is 1.37 bits per heavy atom. The number of benzene rings is 1. The summed E-state index contributed by atoms with van der Waals surface area (Å²) in [6.07, 6.45) is 2.63. The van der Waals surface area contributed by atoms with Crippen LogP contribution < -0.4 is 0 Å². The van der Waals surface area contributed by atoms with E-state index >= 15 is 0 Å². The average molecular weight is 257 g/mol. The summed E-state index contributed by atoms with van der Waals surface area (Å²) < 4.78 is 2.00. The summed E-state index contributed by atoms with van der Waals surface area (Å²) in [6.45, 7) is 3.24. The molecule has 4 nitrogen and oxygen atoms in total. The zero-order valence-corrected chi connectivity index (χ0v) is 11.2. The highest BCUT2D eigenvalue weighted by molar-refractivity contribution is 5.28. The van der Waals surface area contributed by atoms with Crippen LogP contribution in [0.25, 0.3) is 0 Å². The van der Waals surface area contributed by atoms with Crippen LogP contribution in [-0.4, -0.2) is 26.5 Å². The minimum Gasteiger partial charge on any atom is -0.396 e. The second-order valence-electron chi connectivity index (χ2n) is 5.31. The van der Waals surface area contributed by atoms with Crippen molar-refractivity contribution >= 4 is 0 Å². The maximum absolute atomic E-state index is 9.24. The molecule has 0 fully saturated rings. The van der Waals surface area contributed by atoms with Crippen LogP contribution in [-0.2, 0) is 19.4 Å². The van der Waals surface area contributed by atoms with E-state index in [-0.39, 0.29) is 6.61 Å². The largest absolute Gasteiger partial charge is 0.396 e. The summed E-state index contributed by atoms with van der Waals surface area (Å²) in [5, 5.41) is 13.8. The predicted octanol–water partition coefficient (Wildman–Crippen LogP) is 1.73. The number of aliphatic hydroxyl groups excluding tert-OH is 1. The first-order valence-electron chi connectivity index (χ1n) is 6.84. The van der Waals surface area contributed by atoms with Crippen molar-refractivity contribution in [2.45, 2.75) is 32.7 Å². The van der Waals surface area contributed by atoms with Gasteiger partial charge < -0.3 is 5.11 Å². The van der Waals surface area contributed by atoms with Gasteiger partial charge in [-0.1, -0.05) is 24.3 Å². The molecule has 0 amide bonds. The fourth-order valence-electron chi connectivity index (χ4n) is 2.63. The number of nitrogens with zero attached hydrogens (tertiary/aromatic N) is 3. The van der Waals surface area contributed by atoms with Gasteiger partial charge in [-0.05, 0) is 30.4 Å². The Morgan fingerprint density at radius 3 is 3.00 bits per heavy atom. The van der Waals surface area contributed by atoms with Crippen molar-refractivity contribution < 1.29 is 5.11 Å². The lowest BCUT2D eigenvalue weighted by atomic mass is 9.99. The van der Waals surface area contributed by atoms with Crippen LogP contribution in [0.5, 0.6) is 0 Å². The number of aromatic nitrogens is 3. The van der Waals surface area contributed by atoms with Crippen LogP contribution in [0.4, 0.5) is 0 Å². The molecule has 100 valence electrons. The molecule has 3 rings (SSSR count). The normalized spacial score (nSPS) is 18.3. The summed E-state index contributed by atoms with van der Waals surface area (Å²) in [5.41, 5.74) is 2.56. The topological polar surface area (TPSA) is 50.9 Å². The van der Waals surface area contributed by atoms with Gasteiger partial charge in [0.25, 0.3) is 0 Å². The van der Waals surface area contributed by atoms with E-state index in [2.05, 4.69) is 41.3 Å². The van der Waals surface area contributed by atoms with Gasteiger partial charge in [-0.15, -0.1) is 0 Å². The Morgan fingerprint density at radius 2 is 2.21 bits per heavy atom. The lowest BCUT2D eigenvalue weighted by Crippen LogP contribution is -2.22. The minimum atomic E-state index is 0.250. The van der Waals surface area contributed by atoms with E-state index in [1.54, 1.807) is 0 Å². The molecule has 0 saturated carbocycles. The Kier molecular flexibility index (Phi) is 3.34. The Balaban J connectivity index is 1.80. The quantitative estimate of drug-likeness (QED) is 0.911. The highest BCUT2D eigenvalue weighted by Crippen LogP contribution is 2.19. The van der Waals surface area contributed by atoms with Gasteiger partial charge >= 0.3 is 0 Å². The van der Waals surface area contributed by atoms with Crippen LogP contribution in [0.2, 0.25) is 0 Å². The first-order valence-corrected chi connectivity index (χ1v) is 6.84. The number of aryl methyl sites for hydroxylation is 2. The van der Waals surface area contributed by atoms with Crippen molar-refractivity contribution in [1.29, 1.82) is 0 Å². The van der Waals surface area contributed by atoms with Crippen LogP contribution in [0.1, 0.15) is 29.2 Å². The molecule has 1 atom stereocenters. The summed E-state index contributed by atoms with van der Waals surface area (Å²) in [7, 11) is 0. The van der Waals surface area contributed by atoms with Crippen molar-refractivity contribution in [2.24, 2.45) is 5.92 Å². The second-order valence-corrected chi connectivity index (χ2v) is 5.31. The molecule has 1 N–H and O–H groups in total. The highest BCUT2D eigenvalue weighted by atomic mass is 16.3. The van der Waals surface area contributed by atoms with Crippen molar-refractivity contribution in [3.05, 3.63) is 47.0 Å². The average Bonchev–Trinajstić information content (AvgIpc) is 2.82. The number of fused-ring (bicyclic) bond motifs is 1. The Labute approximate surface area is 113 Å². The van der Waals surface area contributed by atoms with E-state index in [1.807, 2.05) is 4.68 Å². The van der Waals surface area contributed by atoms with Crippen LogP contribution in [0.3, 0.4) is 0 Å². The fraction of sp³-hybridized carbons (Fsp3) is 0.467. The number of rotatable bonds is 3. The molecule has 1 aromatic carbocycles. The standard InChI is InChI=1S/C15H19N3O/c1-11-4-2-3-5-13(11)9-14-16-15-8-12(10-19)6-7-18(15)17-14/h2-5,12,19H,6-10H2,1H3. The molecule has 0 aliphatic carbocycles. The molecule has 1 aliphatic rings. The Hall–Kier alpha value is -1.68. The Bertz CT molecular complexity index is 577. The van der Waals surface area contributed by atoms with E-state index < -0.39 is 0 Å². The van der Waals surface area contributed by atoms with E-state index in [0.717, 1.165) is 37.5 Å². The van der Waals surface area contributed by atoms with Gasteiger partial charge in [-0.3, -0.25) is 0 Å². The first-order chi connectivity index (χ1) is 9.26. The molecule has 0 bridgehead atoms. The zero-order valence-electron chi connectivity index (χ0n) is 11.2. The molecular weight excluding hydrogens is 238 g/mol. The maximum Gasteiger partial charge on any atom is 0.155 e. The van der Waals surface area contributed by atoms with Gasteiger partial charge in [-0.2, -0.15) is 5.10 Å². The molecule has 0 spiro atoms. The van der Waals surface area contributed by atoms with E-state index in [1.165, 1.54) is 11.1 Å². The molecule has 1 unspecified atom stereocenters. The molecule has 1 aromatic heterocycles. The number of hydrogen-bond donors (Lipinski definition) is 1. The van der Waals surface area contributed by atoms with E-state index in [0.29, 0.717) is 5.92 Å². The van der Waals surface area contributed by atoms with E-state index in [9.17, 15) is 5.11 Å². The highest BCUT2D eigenvalue weighted by Gasteiger charge is 2.21. The van der Waals surface area contributed by atoms with Crippen LogP contribution >= 0.6 is 0 Å². The molecule has 2 heterocycles. The molecular formula is C15H19N3O. The minimum absolute atomic E-state index is 0.250. The van der Waals surface area contributed by atoms with Gasteiger partial charge in [0, 0.05) is 26.0 Å². The van der Waals surface area contributed by atoms with Crippen molar-refractivity contribution in [3.63, 3.8) is 0 Å². The van der Waals surface area contributed by atoms with Crippen LogP contribution in [0, 0.1) is 12.8 Å².